The number of halogens is 1. The van der Waals surface area contributed by atoms with Crippen LogP contribution in [0.15, 0.2) is 30.3 Å². The third-order valence-electron chi connectivity index (χ3n) is 4.32. The second-order valence-corrected chi connectivity index (χ2v) is 6.24. The number of amides is 3. The molecule has 0 saturated carbocycles. The van der Waals surface area contributed by atoms with Crippen LogP contribution < -0.4 is 5.32 Å². The van der Waals surface area contributed by atoms with Crippen molar-refractivity contribution in [2.45, 2.75) is 19.8 Å². The second-order valence-electron chi connectivity index (χ2n) is 6.24. The number of aromatic amines is 1. The number of carbonyl (C=O) groups excluding carboxylic acids is 2. The van der Waals surface area contributed by atoms with E-state index in [1.807, 2.05) is 0 Å². The fourth-order valence-corrected chi connectivity index (χ4v) is 2.88. The van der Waals surface area contributed by atoms with Crippen LogP contribution in [-0.4, -0.2) is 58.1 Å². The maximum absolute atomic E-state index is 12.9. The van der Waals surface area contributed by atoms with Crippen molar-refractivity contribution in [2.75, 3.05) is 31.5 Å². The number of urea groups is 1. The van der Waals surface area contributed by atoms with Crippen molar-refractivity contribution in [1.82, 2.24) is 20.0 Å². The molecule has 0 bridgehead atoms. The number of rotatable bonds is 4. The van der Waals surface area contributed by atoms with Crippen LogP contribution in [0.4, 0.5) is 14.9 Å². The average molecular weight is 359 g/mol. The van der Waals surface area contributed by atoms with Gasteiger partial charge >= 0.3 is 6.03 Å². The fourth-order valence-electron chi connectivity index (χ4n) is 2.88. The molecule has 1 aliphatic rings. The summed E-state index contributed by atoms with van der Waals surface area (Å²) in [6.45, 7) is 3.84. The lowest BCUT2D eigenvalue weighted by molar-refractivity contribution is 0.0666. The van der Waals surface area contributed by atoms with Crippen LogP contribution in [0.25, 0.3) is 0 Å². The number of hydrogen-bond donors (Lipinski definition) is 2. The smallest absolute Gasteiger partial charge is 0.321 e. The van der Waals surface area contributed by atoms with E-state index >= 15 is 0 Å². The van der Waals surface area contributed by atoms with Crippen LogP contribution in [0, 0.1) is 5.82 Å². The van der Waals surface area contributed by atoms with E-state index in [4.69, 9.17) is 0 Å². The molecule has 138 valence electrons. The van der Waals surface area contributed by atoms with Gasteiger partial charge in [-0.1, -0.05) is 13.3 Å². The number of nitrogens with zero attached hydrogens (tertiary/aromatic N) is 3. The van der Waals surface area contributed by atoms with Crippen molar-refractivity contribution in [3.8, 4) is 0 Å². The first-order valence-electron chi connectivity index (χ1n) is 8.72. The van der Waals surface area contributed by atoms with Gasteiger partial charge in [-0.15, -0.1) is 0 Å². The number of aryl methyl sites for hydroxylation is 1. The van der Waals surface area contributed by atoms with Crippen molar-refractivity contribution in [3.63, 3.8) is 0 Å². The van der Waals surface area contributed by atoms with E-state index in [2.05, 4.69) is 22.4 Å². The largest absolute Gasteiger partial charge is 0.334 e. The Labute approximate surface area is 151 Å². The summed E-state index contributed by atoms with van der Waals surface area (Å²) >= 11 is 0. The van der Waals surface area contributed by atoms with E-state index in [0.717, 1.165) is 18.5 Å². The van der Waals surface area contributed by atoms with Crippen LogP contribution in [0.1, 0.15) is 29.5 Å². The number of hydrogen-bond acceptors (Lipinski definition) is 3. The zero-order chi connectivity index (χ0) is 18.5. The van der Waals surface area contributed by atoms with Crippen LogP contribution in [-0.2, 0) is 6.42 Å². The van der Waals surface area contributed by atoms with Crippen molar-refractivity contribution in [2.24, 2.45) is 0 Å². The minimum atomic E-state index is -0.351. The minimum Gasteiger partial charge on any atom is -0.334 e. The lowest BCUT2D eigenvalue weighted by atomic mass is 10.2. The van der Waals surface area contributed by atoms with Gasteiger partial charge in [0.25, 0.3) is 5.91 Å². The Balaban J connectivity index is 1.52. The predicted molar refractivity (Wildman–Crippen MR) is 95.5 cm³/mol. The molecule has 8 heteroatoms. The van der Waals surface area contributed by atoms with E-state index in [1.165, 1.54) is 24.3 Å². The molecule has 1 saturated heterocycles. The lowest BCUT2D eigenvalue weighted by Crippen LogP contribution is -2.51. The predicted octanol–water partition coefficient (Wildman–Crippen LogP) is 2.49. The number of aromatic nitrogens is 2. The van der Waals surface area contributed by atoms with Crippen molar-refractivity contribution in [1.29, 1.82) is 0 Å². The zero-order valence-corrected chi connectivity index (χ0v) is 14.7. The molecule has 1 aromatic carbocycles. The van der Waals surface area contributed by atoms with Gasteiger partial charge in [-0.25, -0.2) is 9.18 Å². The minimum absolute atomic E-state index is 0.123. The first kappa shape index (κ1) is 17.9. The fraction of sp³-hybridized carbons (Fsp3) is 0.389. The van der Waals surface area contributed by atoms with Gasteiger partial charge in [-0.3, -0.25) is 9.89 Å². The van der Waals surface area contributed by atoms with E-state index in [9.17, 15) is 14.0 Å². The molecule has 0 spiro atoms. The number of anilines is 1. The number of H-pyrrole nitrogens is 1. The molecule has 0 aliphatic carbocycles. The molecule has 1 fully saturated rings. The second kappa shape index (κ2) is 7.99. The summed E-state index contributed by atoms with van der Waals surface area (Å²) in [7, 11) is 0. The van der Waals surface area contributed by atoms with Crippen LogP contribution in [0.5, 0.6) is 0 Å². The number of nitrogens with one attached hydrogen (secondary N) is 2. The van der Waals surface area contributed by atoms with Gasteiger partial charge in [0.2, 0.25) is 0 Å². The summed E-state index contributed by atoms with van der Waals surface area (Å²) in [6.07, 6.45) is 1.84. The summed E-state index contributed by atoms with van der Waals surface area (Å²) in [6, 6.07) is 7.15. The van der Waals surface area contributed by atoms with Crippen LogP contribution in [0.3, 0.4) is 0 Å². The van der Waals surface area contributed by atoms with Gasteiger partial charge in [0.15, 0.2) is 0 Å². The van der Waals surface area contributed by atoms with Gasteiger partial charge in [0, 0.05) is 37.6 Å². The molecule has 26 heavy (non-hydrogen) atoms. The maximum Gasteiger partial charge on any atom is 0.321 e. The summed E-state index contributed by atoms with van der Waals surface area (Å²) < 4.78 is 12.9. The highest BCUT2D eigenvalue weighted by atomic mass is 19.1. The monoisotopic (exact) mass is 359 g/mol. The van der Waals surface area contributed by atoms with Gasteiger partial charge < -0.3 is 15.1 Å². The van der Waals surface area contributed by atoms with E-state index < -0.39 is 0 Å². The van der Waals surface area contributed by atoms with Gasteiger partial charge in [-0.2, -0.15) is 5.10 Å². The summed E-state index contributed by atoms with van der Waals surface area (Å²) in [4.78, 5) is 28.1. The van der Waals surface area contributed by atoms with Gasteiger partial charge in [0.1, 0.15) is 11.5 Å². The molecular weight excluding hydrogens is 337 g/mol. The van der Waals surface area contributed by atoms with Crippen molar-refractivity contribution in [3.05, 3.63) is 47.5 Å². The van der Waals surface area contributed by atoms with E-state index in [0.29, 0.717) is 37.6 Å². The van der Waals surface area contributed by atoms with Gasteiger partial charge in [0.05, 0.1) is 0 Å². The summed E-state index contributed by atoms with van der Waals surface area (Å²) in [5, 5.41) is 9.70. The highest BCUT2D eigenvalue weighted by molar-refractivity contribution is 5.93. The lowest BCUT2D eigenvalue weighted by Gasteiger charge is -2.34. The first-order chi connectivity index (χ1) is 12.6. The Kier molecular flexibility index (Phi) is 5.50. The molecule has 2 N–H and O–H groups in total. The molecular formula is C18H22FN5O2. The number of benzene rings is 1. The summed E-state index contributed by atoms with van der Waals surface area (Å²) in [5.41, 5.74) is 1.90. The molecule has 2 aromatic rings. The normalized spacial score (nSPS) is 14.4. The molecule has 1 aromatic heterocycles. The first-order valence-corrected chi connectivity index (χ1v) is 8.72. The number of carbonyl (C=O) groups is 2. The molecule has 1 aliphatic heterocycles. The molecule has 7 nitrogen and oxygen atoms in total. The standard InChI is InChI=1S/C18H22FN5O2/c1-2-3-15-12-16(22-21-15)17(25)23-8-10-24(11-9-23)18(26)20-14-6-4-13(19)5-7-14/h4-7,12H,2-3,8-11H2,1H3,(H,20,26)(H,21,22). The van der Waals surface area contributed by atoms with E-state index in [-0.39, 0.29) is 17.8 Å². The van der Waals surface area contributed by atoms with Crippen molar-refractivity contribution < 1.29 is 14.0 Å². The molecule has 0 unspecified atom stereocenters. The highest BCUT2D eigenvalue weighted by Gasteiger charge is 2.26. The molecule has 3 rings (SSSR count). The topological polar surface area (TPSA) is 81.3 Å². The maximum atomic E-state index is 12.9. The third kappa shape index (κ3) is 4.19. The average Bonchev–Trinajstić information content (AvgIpc) is 3.12. The van der Waals surface area contributed by atoms with Crippen molar-refractivity contribution >= 4 is 17.6 Å². The highest BCUT2D eigenvalue weighted by Crippen LogP contribution is 2.12. The number of piperazine rings is 1. The quantitative estimate of drug-likeness (QED) is 0.880. The van der Waals surface area contributed by atoms with Gasteiger partial charge in [-0.05, 0) is 36.8 Å². The third-order valence-corrected chi connectivity index (χ3v) is 4.32. The Morgan fingerprint density at radius 2 is 1.81 bits per heavy atom. The Morgan fingerprint density at radius 3 is 2.46 bits per heavy atom. The molecule has 0 radical (unpaired) electrons. The van der Waals surface area contributed by atoms with Crippen LogP contribution >= 0.6 is 0 Å². The molecule has 3 amide bonds. The molecule has 0 atom stereocenters. The Morgan fingerprint density at radius 1 is 1.15 bits per heavy atom. The van der Waals surface area contributed by atoms with Crippen LogP contribution in [0.2, 0.25) is 0 Å². The SMILES string of the molecule is CCCc1cc(C(=O)N2CCN(C(=O)Nc3ccc(F)cc3)CC2)n[nH]1. The summed E-state index contributed by atoms with van der Waals surface area (Å²) in [5.74, 6) is -0.474. The zero-order valence-electron chi connectivity index (χ0n) is 14.7. The Bertz CT molecular complexity index is 766. The molecule has 2 heterocycles. The Hall–Kier alpha value is -2.90. The van der Waals surface area contributed by atoms with E-state index in [1.54, 1.807) is 15.9 Å².